The van der Waals surface area contributed by atoms with Gasteiger partial charge in [0.15, 0.2) is 0 Å². The summed E-state index contributed by atoms with van der Waals surface area (Å²) in [7, 11) is 0. The standard InChI is InChI=1S/C23H31N3O2/c24-10-9-23(16-25(17-23)11-8-22(27)28)26-12-6-18(7-13-26)14-20-15-21(20)19-4-2-1-3-5-19/h1-5,18,20-21H,6-9,11-17H2,(H,27,28). The molecule has 0 aromatic heterocycles. The van der Waals surface area contributed by atoms with Crippen molar-refractivity contribution in [3.63, 3.8) is 0 Å². The van der Waals surface area contributed by atoms with Crippen molar-refractivity contribution < 1.29 is 9.90 Å². The Morgan fingerprint density at radius 3 is 2.57 bits per heavy atom. The second-order valence-corrected chi connectivity index (χ2v) is 9.09. The Morgan fingerprint density at radius 2 is 1.93 bits per heavy atom. The van der Waals surface area contributed by atoms with Gasteiger partial charge < -0.3 is 5.11 Å². The molecular weight excluding hydrogens is 350 g/mol. The summed E-state index contributed by atoms with van der Waals surface area (Å²) in [5.74, 6) is 1.71. The predicted octanol–water partition coefficient (Wildman–Crippen LogP) is 3.33. The van der Waals surface area contributed by atoms with E-state index in [1.165, 1.54) is 31.2 Å². The minimum atomic E-state index is -0.743. The molecule has 1 aliphatic carbocycles. The van der Waals surface area contributed by atoms with E-state index in [-0.39, 0.29) is 12.0 Å². The maximum atomic E-state index is 10.8. The van der Waals surface area contributed by atoms with Crippen molar-refractivity contribution in [2.75, 3.05) is 32.7 Å². The van der Waals surface area contributed by atoms with Crippen molar-refractivity contribution in [3.05, 3.63) is 35.9 Å². The molecule has 2 saturated heterocycles. The van der Waals surface area contributed by atoms with Crippen LogP contribution in [0.4, 0.5) is 0 Å². The zero-order chi connectivity index (χ0) is 19.6. The van der Waals surface area contributed by atoms with E-state index in [1.54, 1.807) is 0 Å². The molecule has 5 heteroatoms. The SMILES string of the molecule is N#CCC1(N2CCC(CC3CC3c3ccccc3)CC2)CN(CCC(=O)O)C1. The normalized spacial score (nSPS) is 27.7. The Morgan fingerprint density at radius 1 is 1.21 bits per heavy atom. The summed E-state index contributed by atoms with van der Waals surface area (Å²) in [5, 5.41) is 18.2. The van der Waals surface area contributed by atoms with Gasteiger partial charge in [0.2, 0.25) is 0 Å². The lowest BCUT2D eigenvalue weighted by molar-refractivity contribution is -0.138. The molecule has 150 valence electrons. The largest absolute Gasteiger partial charge is 0.481 e. The number of nitrogens with zero attached hydrogens (tertiary/aromatic N) is 3. The maximum absolute atomic E-state index is 10.8. The van der Waals surface area contributed by atoms with Crippen LogP contribution in [0.1, 0.15) is 50.0 Å². The van der Waals surface area contributed by atoms with E-state index in [0.29, 0.717) is 13.0 Å². The molecule has 0 spiro atoms. The molecule has 4 rings (SSSR count). The van der Waals surface area contributed by atoms with E-state index in [2.05, 4.69) is 46.2 Å². The highest BCUT2D eigenvalue weighted by Crippen LogP contribution is 2.52. The molecule has 2 atom stereocenters. The molecule has 2 unspecified atom stereocenters. The summed E-state index contributed by atoms with van der Waals surface area (Å²) in [6.45, 7) is 4.46. The molecule has 3 aliphatic rings. The fourth-order valence-electron chi connectivity index (χ4n) is 5.46. The molecule has 2 aliphatic heterocycles. The topological polar surface area (TPSA) is 67.6 Å². The van der Waals surface area contributed by atoms with E-state index in [1.807, 2.05) is 0 Å². The fraction of sp³-hybridized carbons (Fsp3) is 0.652. The zero-order valence-electron chi connectivity index (χ0n) is 16.6. The lowest BCUT2D eigenvalue weighted by atomic mass is 9.81. The lowest BCUT2D eigenvalue weighted by Gasteiger charge is -2.56. The molecule has 3 fully saturated rings. The van der Waals surface area contributed by atoms with Crippen molar-refractivity contribution >= 4 is 5.97 Å². The Balaban J connectivity index is 1.23. The third-order valence-corrected chi connectivity index (χ3v) is 7.16. The second kappa shape index (κ2) is 8.23. The van der Waals surface area contributed by atoms with E-state index in [9.17, 15) is 10.1 Å². The Bertz CT molecular complexity index is 715. The van der Waals surface area contributed by atoms with Crippen molar-refractivity contribution in [2.45, 2.75) is 50.0 Å². The van der Waals surface area contributed by atoms with Crippen LogP contribution in [0.25, 0.3) is 0 Å². The van der Waals surface area contributed by atoms with Crippen LogP contribution < -0.4 is 0 Å². The molecule has 5 nitrogen and oxygen atoms in total. The molecule has 0 amide bonds. The second-order valence-electron chi connectivity index (χ2n) is 9.09. The van der Waals surface area contributed by atoms with Gasteiger partial charge >= 0.3 is 5.97 Å². The fourth-order valence-corrected chi connectivity index (χ4v) is 5.46. The van der Waals surface area contributed by atoms with Gasteiger partial charge in [0, 0.05) is 19.6 Å². The van der Waals surface area contributed by atoms with Gasteiger partial charge in [-0.25, -0.2) is 0 Å². The summed E-state index contributed by atoms with van der Waals surface area (Å²) in [4.78, 5) is 15.5. The van der Waals surface area contributed by atoms with Gasteiger partial charge in [-0.2, -0.15) is 5.26 Å². The summed E-state index contributed by atoms with van der Waals surface area (Å²) >= 11 is 0. The van der Waals surface area contributed by atoms with E-state index < -0.39 is 5.97 Å². The number of likely N-dealkylation sites (tertiary alicyclic amines) is 2. The highest BCUT2D eigenvalue weighted by molar-refractivity contribution is 5.66. The third kappa shape index (κ3) is 4.24. The van der Waals surface area contributed by atoms with Gasteiger partial charge in [-0.1, -0.05) is 30.3 Å². The minimum Gasteiger partial charge on any atom is -0.481 e. The molecular formula is C23H31N3O2. The van der Waals surface area contributed by atoms with Crippen LogP contribution in [-0.2, 0) is 4.79 Å². The van der Waals surface area contributed by atoms with Crippen molar-refractivity contribution in [2.24, 2.45) is 11.8 Å². The van der Waals surface area contributed by atoms with Gasteiger partial charge in [-0.3, -0.25) is 14.6 Å². The smallest absolute Gasteiger partial charge is 0.304 e. The van der Waals surface area contributed by atoms with Crippen LogP contribution >= 0.6 is 0 Å². The number of aliphatic carboxylic acids is 1. The quantitative estimate of drug-likeness (QED) is 0.748. The van der Waals surface area contributed by atoms with Gasteiger partial charge in [-0.15, -0.1) is 0 Å². The average Bonchev–Trinajstić information content (AvgIpc) is 3.44. The number of rotatable bonds is 8. The lowest BCUT2D eigenvalue weighted by Crippen LogP contribution is -2.71. The summed E-state index contributed by atoms with van der Waals surface area (Å²) in [6, 6.07) is 13.3. The Labute approximate surface area is 167 Å². The van der Waals surface area contributed by atoms with Crippen LogP contribution in [0, 0.1) is 23.2 Å². The molecule has 1 saturated carbocycles. The number of hydrogen-bond acceptors (Lipinski definition) is 4. The number of carbonyl (C=O) groups is 1. The highest BCUT2D eigenvalue weighted by atomic mass is 16.4. The first kappa shape index (κ1) is 19.4. The van der Waals surface area contributed by atoms with Gasteiger partial charge in [-0.05, 0) is 62.1 Å². The van der Waals surface area contributed by atoms with Crippen LogP contribution in [0.5, 0.6) is 0 Å². The van der Waals surface area contributed by atoms with Crippen LogP contribution in [-0.4, -0.2) is 59.1 Å². The number of nitriles is 1. The molecule has 2 heterocycles. The first-order valence-corrected chi connectivity index (χ1v) is 10.7. The van der Waals surface area contributed by atoms with Crippen LogP contribution in [0.15, 0.2) is 30.3 Å². The van der Waals surface area contributed by atoms with E-state index in [0.717, 1.165) is 43.9 Å². The Hall–Kier alpha value is -1.90. The first-order valence-electron chi connectivity index (χ1n) is 10.7. The number of carboxylic acids is 1. The maximum Gasteiger partial charge on any atom is 0.304 e. The summed E-state index contributed by atoms with van der Waals surface area (Å²) in [6.07, 6.45) is 5.92. The van der Waals surface area contributed by atoms with Crippen molar-refractivity contribution in [3.8, 4) is 6.07 Å². The highest BCUT2D eigenvalue weighted by Gasteiger charge is 2.48. The van der Waals surface area contributed by atoms with Gasteiger partial charge in [0.05, 0.1) is 24.4 Å². The van der Waals surface area contributed by atoms with Gasteiger partial charge in [0.25, 0.3) is 0 Å². The average molecular weight is 382 g/mol. The van der Waals surface area contributed by atoms with Crippen LogP contribution in [0.3, 0.4) is 0 Å². The third-order valence-electron chi connectivity index (χ3n) is 7.16. The van der Waals surface area contributed by atoms with Gasteiger partial charge in [0.1, 0.15) is 0 Å². The summed E-state index contributed by atoms with van der Waals surface area (Å²) in [5.41, 5.74) is 1.47. The molecule has 1 aromatic carbocycles. The zero-order valence-corrected chi connectivity index (χ0v) is 16.6. The molecule has 28 heavy (non-hydrogen) atoms. The Kier molecular flexibility index (Phi) is 5.70. The van der Waals surface area contributed by atoms with Crippen molar-refractivity contribution in [1.82, 2.24) is 9.80 Å². The number of benzene rings is 1. The molecule has 1 aromatic rings. The molecule has 1 N–H and O–H groups in total. The number of piperidine rings is 1. The molecule has 0 bridgehead atoms. The monoisotopic (exact) mass is 381 g/mol. The summed E-state index contributed by atoms with van der Waals surface area (Å²) < 4.78 is 0. The number of carboxylic acid groups (broad SMARTS) is 1. The van der Waals surface area contributed by atoms with Crippen LogP contribution in [0.2, 0.25) is 0 Å². The van der Waals surface area contributed by atoms with E-state index >= 15 is 0 Å². The first-order chi connectivity index (χ1) is 13.6. The van der Waals surface area contributed by atoms with Crippen molar-refractivity contribution in [1.29, 1.82) is 5.26 Å². The van der Waals surface area contributed by atoms with E-state index in [4.69, 9.17) is 5.11 Å². The minimum absolute atomic E-state index is 0.0373. The molecule has 0 radical (unpaired) electrons. The predicted molar refractivity (Wildman–Crippen MR) is 108 cm³/mol. The number of hydrogen-bond donors (Lipinski definition) is 1.